The Balaban J connectivity index is 0. The summed E-state index contributed by atoms with van der Waals surface area (Å²) in [6.07, 6.45) is 20.0. The molecular weight excluding hydrogens is 302 g/mol. The van der Waals surface area contributed by atoms with Crippen LogP contribution in [0.25, 0.3) is 0 Å². The largest absolute Gasteiger partial charge is 1.00 e. The molecule has 0 fully saturated rings. The lowest BCUT2D eigenvalue weighted by molar-refractivity contribution is -0.913. The average Bonchev–Trinajstić information content (AvgIpc) is 2.49. The highest BCUT2D eigenvalue weighted by Crippen LogP contribution is 2.17. The third kappa shape index (κ3) is 15.5. The van der Waals surface area contributed by atoms with Gasteiger partial charge in [0.05, 0.1) is 26.7 Å². The number of quaternary nitrogens is 1. The van der Waals surface area contributed by atoms with E-state index in [9.17, 15) is 0 Å². The van der Waals surface area contributed by atoms with Crippen LogP contribution in [0.4, 0.5) is 0 Å². The van der Waals surface area contributed by atoms with Crippen molar-refractivity contribution in [3.05, 3.63) is 0 Å². The third-order valence-corrected chi connectivity index (χ3v) is 5.51. The summed E-state index contributed by atoms with van der Waals surface area (Å²) < 4.78 is 1.23. The van der Waals surface area contributed by atoms with Crippen molar-refractivity contribution < 1.29 is 16.9 Å². The highest BCUT2D eigenvalue weighted by molar-refractivity contribution is 4.54. The molecule has 2 heteroatoms. The van der Waals surface area contributed by atoms with Crippen LogP contribution in [-0.2, 0) is 0 Å². The van der Waals surface area contributed by atoms with Gasteiger partial charge in [0.2, 0.25) is 0 Å². The molecule has 0 aromatic rings. The van der Waals surface area contributed by atoms with Crippen LogP contribution in [0.2, 0.25) is 0 Å². The second kappa shape index (κ2) is 17.1. The van der Waals surface area contributed by atoms with Gasteiger partial charge in [0.25, 0.3) is 0 Å². The Labute approximate surface area is 154 Å². The molecule has 0 aliphatic carbocycles. The lowest BCUT2D eigenvalue weighted by Gasteiger charge is -2.36. The molecule has 23 heavy (non-hydrogen) atoms. The van der Waals surface area contributed by atoms with E-state index in [0.717, 1.165) is 6.04 Å². The zero-order valence-corrected chi connectivity index (χ0v) is 17.8. The van der Waals surface area contributed by atoms with Gasteiger partial charge in [-0.1, -0.05) is 78.1 Å². The normalized spacial score (nSPS) is 12.9. The number of hydrogen-bond acceptors (Lipinski definition) is 0. The van der Waals surface area contributed by atoms with Crippen LogP contribution in [0.1, 0.15) is 111 Å². The molecule has 1 atom stereocenters. The van der Waals surface area contributed by atoms with Crippen LogP contribution >= 0.6 is 0 Å². The van der Waals surface area contributed by atoms with Crippen LogP contribution in [-0.4, -0.2) is 31.2 Å². The van der Waals surface area contributed by atoms with Crippen molar-refractivity contribution in [1.82, 2.24) is 0 Å². The molecule has 0 rings (SSSR count). The van der Waals surface area contributed by atoms with Crippen molar-refractivity contribution >= 4 is 0 Å². The first-order chi connectivity index (χ1) is 10.5. The van der Waals surface area contributed by atoms with Gasteiger partial charge in [-0.25, -0.2) is 0 Å². The zero-order chi connectivity index (χ0) is 16.7. The van der Waals surface area contributed by atoms with Crippen LogP contribution in [0, 0.1) is 0 Å². The van der Waals surface area contributed by atoms with Gasteiger partial charge in [0, 0.05) is 0 Å². The predicted octanol–water partition coefficient (Wildman–Crippen LogP) is 3.96. The molecule has 0 aliphatic heterocycles. The molecule has 0 saturated carbocycles. The van der Waals surface area contributed by atoms with E-state index in [1.165, 1.54) is 101 Å². The molecule has 0 radical (unpaired) electrons. The topological polar surface area (TPSA) is 0 Å². The van der Waals surface area contributed by atoms with Crippen molar-refractivity contribution in [1.29, 1.82) is 0 Å². The molecule has 0 aromatic heterocycles. The summed E-state index contributed by atoms with van der Waals surface area (Å²) in [7, 11) is 4.88. The van der Waals surface area contributed by atoms with Gasteiger partial charge in [0.1, 0.15) is 0 Å². The molecule has 0 bridgehead atoms. The van der Waals surface area contributed by atoms with Gasteiger partial charge in [-0.2, -0.15) is 0 Å². The first-order valence-corrected chi connectivity index (χ1v) is 10.4. The average molecular weight is 348 g/mol. The zero-order valence-electron chi connectivity index (χ0n) is 17.0. The summed E-state index contributed by atoms with van der Waals surface area (Å²) in [4.78, 5) is 0. The molecule has 0 spiro atoms. The first-order valence-electron chi connectivity index (χ1n) is 10.4. The smallest absolute Gasteiger partial charge is 0.0857 e. The fraction of sp³-hybridized carbons (Fsp3) is 1.00. The van der Waals surface area contributed by atoms with Crippen LogP contribution in [0.3, 0.4) is 0 Å². The molecule has 0 amide bonds. The van der Waals surface area contributed by atoms with Crippen molar-refractivity contribution in [3.63, 3.8) is 0 Å². The highest BCUT2D eigenvalue weighted by Gasteiger charge is 2.22. The van der Waals surface area contributed by atoms with E-state index in [1.807, 2.05) is 0 Å². The number of hydrogen-bond donors (Lipinski definition) is 0. The van der Waals surface area contributed by atoms with Crippen molar-refractivity contribution in [2.75, 3.05) is 20.6 Å². The summed E-state index contributed by atoms with van der Waals surface area (Å²) >= 11 is 0. The standard InChI is InChI=1S/C21H46N.ClH/c1-6-8-10-12-14-15-17-19-21(3)22(4,5)20-18-16-13-11-9-7-2;/h21H,6-20H2,1-5H3;1H/q+1;/p-1. The Morgan fingerprint density at radius 3 is 1.48 bits per heavy atom. The lowest BCUT2D eigenvalue weighted by Crippen LogP contribution is -3.00. The number of halogens is 1. The van der Waals surface area contributed by atoms with Crippen molar-refractivity contribution in [2.24, 2.45) is 0 Å². The summed E-state index contributed by atoms with van der Waals surface area (Å²) in [6, 6.07) is 0.825. The first kappa shape index (κ1) is 25.5. The molecule has 1 nitrogen and oxygen atoms in total. The van der Waals surface area contributed by atoms with Crippen LogP contribution < -0.4 is 12.4 Å². The Morgan fingerprint density at radius 2 is 1.00 bits per heavy atom. The van der Waals surface area contributed by atoms with E-state index >= 15 is 0 Å². The SMILES string of the molecule is CCCCCCCCCC(C)[N+](C)(C)CCCCCCCC.[Cl-]. The fourth-order valence-electron chi connectivity index (χ4n) is 3.27. The number of rotatable bonds is 16. The van der Waals surface area contributed by atoms with Gasteiger partial charge in [0.15, 0.2) is 0 Å². The number of unbranched alkanes of at least 4 members (excludes halogenated alkanes) is 11. The van der Waals surface area contributed by atoms with E-state index in [-0.39, 0.29) is 12.4 Å². The van der Waals surface area contributed by atoms with Crippen molar-refractivity contribution in [3.8, 4) is 0 Å². The maximum Gasteiger partial charge on any atom is 0.0857 e. The molecule has 1 unspecified atom stereocenters. The Kier molecular flexibility index (Phi) is 18.9. The van der Waals surface area contributed by atoms with E-state index in [4.69, 9.17) is 0 Å². The molecule has 0 saturated heterocycles. The minimum atomic E-state index is 0. The molecule has 0 heterocycles. The molecular formula is C21H46ClN. The summed E-state index contributed by atoms with van der Waals surface area (Å²) in [5.41, 5.74) is 0. The lowest BCUT2D eigenvalue weighted by atomic mass is 10.0. The Bertz CT molecular complexity index is 228. The minimum Gasteiger partial charge on any atom is -1.00 e. The summed E-state index contributed by atoms with van der Waals surface area (Å²) in [5.74, 6) is 0. The number of nitrogens with zero attached hydrogens (tertiary/aromatic N) is 1. The van der Waals surface area contributed by atoms with Gasteiger partial charge < -0.3 is 16.9 Å². The fourth-order valence-corrected chi connectivity index (χ4v) is 3.27. The van der Waals surface area contributed by atoms with E-state index in [2.05, 4.69) is 34.9 Å². The molecule has 0 aromatic carbocycles. The second-order valence-corrected chi connectivity index (χ2v) is 8.03. The van der Waals surface area contributed by atoms with Crippen LogP contribution in [0.15, 0.2) is 0 Å². The monoisotopic (exact) mass is 347 g/mol. The maximum atomic E-state index is 2.47. The third-order valence-electron chi connectivity index (χ3n) is 5.51. The molecule has 0 aliphatic rings. The van der Waals surface area contributed by atoms with Gasteiger partial charge in [-0.3, -0.25) is 0 Å². The van der Waals surface area contributed by atoms with E-state index in [0.29, 0.717) is 0 Å². The van der Waals surface area contributed by atoms with Gasteiger partial charge in [-0.05, 0) is 32.6 Å². The Hall–Kier alpha value is 0.250. The molecule has 0 N–H and O–H groups in total. The quantitative estimate of drug-likeness (QED) is 0.293. The van der Waals surface area contributed by atoms with Gasteiger partial charge >= 0.3 is 0 Å². The van der Waals surface area contributed by atoms with E-state index < -0.39 is 0 Å². The Morgan fingerprint density at radius 1 is 0.609 bits per heavy atom. The maximum absolute atomic E-state index is 2.47. The van der Waals surface area contributed by atoms with Crippen molar-refractivity contribution in [2.45, 2.75) is 117 Å². The summed E-state index contributed by atoms with van der Waals surface area (Å²) in [5, 5.41) is 0. The van der Waals surface area contributed by atoms with Gasteiger partial charge in [-0.15, -0.1) is 0 Å². The predicted molar refractivity (Wildman–Crippen MR) is 102 cm³/mol. The minimum absolute atomic E-state index is 0. The van der Waals surface area contributed by atoms with Crippen LogP contribution in [0.5, 0.6) is 0 Å². The van der Waals surface area contributed by atoms with E-state index in [1.54, 1.807) is 0 Å². The second-order valence-electron chi connectivity index (χ2n) is 8.03. The summed E-state index contributed by atoms with van der Waals surface area (Å²) in [6.45, 7) is 8.43. The highest BCUT2D eigenvalue weighted by atomic mass is 35.5. The molecule has 142 valence electrons.